The van der Waals surface area contributed by atoms with E-state index in [1.807, 2.05) is 20.8 Å². The molecule has 92 valence electrons. The van der Waals surface area contributed by atoms with E-state index in [9.17, 15) is 8.42 Å². The molecule has 0 saturated carbocycles. The average Bonchev–Trinajstić information content (AvgIpc) is 1.96. The molecule has 0 unspecified atom stereocenters. The van der Waals surface area contributed by atoms with Crippen LogP contribution in [-0.2, 0) is 10.0 Å². The van der Waals surface area contributed by atoms with Gasteiger partial charge in [0.05, 0.1) is 5.75 Å². The van der Waals surface area contributed by atoms with Gasteiger partial charge in [0, 0.05) is 12.1 Å². The van der Waals surface area contributed by atoms with E-state index in [0.717, 1.165) is 0 Å². The Morgan fingerprint density at radius 3 is 1.93 bits per heavy atom. The highest BCUT2D eigenvalue weighted by atomic mass is 32.2. The summed E-state index contributed by atoms with van der Waals surface area (Å²) in [7, 11) is -3.18. The predicted molar refractivity (Wildman–Crippen MR) is 64.1 cm³/mol. The fraction of sp³-hybridized carbons (Fsp3) is 1.00. The second-order valence-corrected chi connectivity index (χ2v) is 7.87. The summed E-state index contributed by atoms with van der Waals surface area (Å²) in [5.41, 5.74) is 5.23. The van der Waals surface area contributed by atoms with Crippen molar-refractivity contribution in [2.45, 2.75) is 46.6 Å². The normalized spacial score (nSPS) is 14.3. The van der Waals surface area contributed by atoms with E-state index < -0.39 is 15.6 Å². The van der Waals surface area contributed by atoms with Crippen molar-refractivity contribution in [2.24, 2.45) is 11.1 Å². The smallest absolute Gasteiger partial charge is 0.211 e. The summed E-state index contributed by atoms with van der Waals surface area (Å²) >= 11 is 0. The summed E-state index contributed by atoms with van der Waals surface area (Å²) in [6.45, 7) is 9.93. The molecule has 0 aliphatic carbocycles. The van der Waals surface area contributed by atoms with Gasteiger partial charge in [0.15, 0.2) is 0 Å². The minimum absolute atomic E-state index is 0.0347. The van der Waals surface area contributed by atoms with Crippen molar-refractivity contribution < 1.29 is 8.42 Å². The first kappa shape index (κ1) is 14.9. The molecule has 0 aromatic carbocycles. The minimum Gasteiger partial charge on any atom is -0.324 e. The van der Waals surface area contributed by atoms with Crippen LogP contribution in [0.3, 0.4) is 0 Å². The molecule has 0 aromatic rings. The third kappa shape index (κ3) is 10.2. The zero-order valence-corrected chi connectivity index (χ0v) is 11.2. The molecule has 15 heavy (non-hydrogen) atoms. The molecule has 4 nitrogen and oxygen atoms in total. The molecule has 0 saturated heterocycles. The molecule has 0 fully saturated rings. The van der Waals surface area contributed by atoms with Crippen LogP contribution in [0, 0.1) is 5.41 Å². The van der Waals surface area contributed by atoms with E-state index in [1.165, 1.54) is 0 Å². The Bertz CT molecular complexity index is 260. The van der Waals surface area contributed by atoms with E-state index in [1.54, 1.807) is 13.8 Å². The number of nitrogens with one attached hydrogen (secondary N) is 1. The lowest BCUT2D eigenvalue weighted by Gasteiger charge is -2.21. The van der Waals surface area contributed by atoms with Crippen LogP contribution in [0.15, 0.2) is 0 Å². The summed E-state index contributed by atoms with van der Waals surface area (Å²) in [5.74, 6) is 0.159. The van der Waals surface area contributed by atoms with Crippen LogP contribution in [0.2, 0.25) is 0 Å². The molecule has 0 spiro atoms. The van der Waals surface area contributed by atoms with Crippen molar-refractivity contribution in [1.82, 2.24) is 4.72 Å². The van der Waals surface area contributed by atoms with E-state index in [2.05, 4.69) is 4.72 Å². The molecule has 0 rings (SSSR count). The summed E-state index contributed by atoms with van der Waals surface area (Å²) in [6, 6.07) is 0. The Labute approximate surface area is 93.7 Å². The summed E-state index contributed by atoms with van der Waals surface area (Å²) < 4.78 is 25.6. The van der Waals surface area contributed by atoms with Crippen LogP contribution in [0.4, 0.5) is 0 Å². The lowest BCUT2D eigenvalue weighted by atomic mass is 9.94. The quantitative estimate of drug-likeness (QED) is 0.750. The number of hydrogen-bond donors (Lipinski definition) is 2. The Morgan fingerprint density at radius 1 is 1.13 bits per heavy atom. The predicted octanol–water partition coefficient (Wildman–Crippen LogP) is 1.08. The zero-order chi connectivity index (χ0) is 12.3. The summed E-state index contributed by atoms with van der Waals surface area (Å²) in [4.78, 5) is 0. The molecule has 0 aromatic heterocycles. The van der Waals surface area contributed by atoms with E-state index in [4.69, 9.17) is 5.73 Å². The Hall–Kier alpha value is -0.130. The maximum atomic E-state index is 11.6. The Morgan fingerprint density at radius 2 is 1.60 bits per heavy atom. The number of sulfonamides is 1. The highest BCUT2D eigenvalue weighted by Crippen LogP contribution is 2.18. The molecule has 0 amide bonds. The number of hydrogen-bond acceptors (Lipinski definition) is 3. The van der Waals surface area contributed by atoms with Gasteiger partial charge in [-0.25, -0.2) is 13.1 Å². The average molecular weight is 236 g/mol. The van der Waals surface area contributed by atoms with Crippen LogP contribution >= 0.6 is 0 Å². The molecule has 0 radical (unpaired) electrons. The standard InChI is InChI=1S/C10H24N2O2S/c1-9(2,3)6-7-15(13,14)12-8-10(4,5)11/h12H,6-8,11H2,1-5H3. The molecule has 5 heteroatoms. The van der Waals surface area contributed by atoms with Crippen molar-refractivity contribution in [3.05, 3.63) is 0 Å². The second-order valence-electron chi connectivity index (χ2n) is 5.94. The number of rotatable bonds is 5. The monoisotopic (exact) mass is 236 g/mol. The van der Waals surface area contributed by atoms with Crippen LogP contribution < -0.4 is 10.5 Å². The van der Waals surface area contributed by atoms with Crippen molar-refractivity contribution >= 4 is 10.0 Å². The van der Waals surface area contributed by atoms with Gasteiger partial charge in [-0.3, -0.25) is 0 Å². The third-order valence-corrected chi connectivity index (χ3v) is 3.19. The van der Waals surface area contributed by atoms with Gasteiger partial charge in [-0.15, -0.1) is 0 Å². The zero-order valence-electron chi connectivity index (χ0n) is 10.4. The van der Waals surface area contributed by atoms with Gasteiger partial charge in [-0.2, -0.15) is 0 Å². The lowest BCUT2D eigenvalue weighted by molar-refractivity contribution is 0.395. The van der Waals surface area contributed by atoms with Crippen molar-refractivity contribution in [2.75, 3.05) is 12.3 Å². The largest absolute Gasteiger partial charge is 0.324 e. The first-order valence-electron chi connectivity index (χ1n) is 5.18. The Kier molecular flexibility index (Phi) is 4.76. The van der Waals surface area contributed by atoms with Crippen molar-refractivity contribution in [1.29, 1.82) is 0 Å². The minimum atomic E-state index is -3.18. The molecular formula is C10H24N2O2S. The van der Waals surface area contributed by atoms with Crippen molar-refractivity contribution in [3.63, 3.8) is 0 Å². The molecular weight excluding hydrogens is 212 g/mol. The number of nitrogens with two attached hydrogens (primary N) is 1. The van der Waals surface area contributed by atoms with Crippen LogP contribution in [0.5, 0.6) is 0 Å². The maximum Gasteiger partial charge on any atom is 0.211 e. The van der Waals surface area contributed by atoms with Gasteiger partial charge in [0.25, 0.3) is 0 Å². The molecule has 0 atom stereocenters. The lowest BCUT2D eigenvalue weighted by Crippen LogP contribution is -2.45. The van der Waals surface area contributed by atoms with Crippen LogP contribution in [0.1, 0.15) is 41.0 Å². The fourth-order valence-electron chi connectivity index (χ4n) is 0.809. The van der Waals surface area contributed by atoms with Crippen LogP contribution in [0.25, 0.3) is 0 Å². The summed E-state index contributed by atoms with van der Waals surface area (Å²) in [5, 5.41) is 0. The van der Waals surface area contributed by atoms with Gasteiger partial charge >= 0.3 is 0 Å². The van der Waals surface area contributed by atoms with E-state index in [0.29, 0.717) is 6.42 Å². The van der Waals surface area contributed by atoms with E-state index >= 15 is 0 Å². The molecule has 0 bridgehead atoms. The summed E-state index contributed by atoms with van der Waals surface area (Å²) in [6.07, 6.45) is 0.646. The van der Waals surface area contributed by atoms with Gasteiger partial charge < -0.3 is 5.73 Å². The maximum absolute atomic E-state index is 11.6. The van der Waals surface area contributed by atoms with Crippen molar-refractivity contribution in [3.8, 4) is 0 Å². The van der Waals surface area contributed by atoms with Gasteiger partial charge in [-0.05, 0) is 25.7 Å². The van der Waals surface area contributed by atoms with Gasteiger partial charge in [0.2, 0.25) is 10.0 Å². The van der Waals surface area contributed by atoms with E-state index in [-0.39, 0.29) is 17.7 Å². The topological polar surface area (TPSA) is 72.2 Å². The third-order valence-electron chi connectivity index (χ3n) is 1.87. The highest BCUT2D eigenvalue weighted by molar-refractivity contribution is 7.89. The van der Waals surface area contributed by atoms with Gasteiger partial charge in [0.1, 0.15) is 0 Å². The van der Waals surface area contributed by atoms with Crippen LogP contribution in [-0.4, -0.2) is 26.3 Å². The fourth-order valence-corrected chi connectivity index (χ4v) is 2.43. The molecule has 0 aliphatic rings. The first-order chi connectivity index (χ1) is 6.41. The second kappa shape index (κ2) is 4.80. The first-order valence-corrected chi connectivity index (χ1v) is 6.83. The Balaban J connectivity index is 4.11. The molecule has 0 heterocycles. The SMILES string of the molecule is CC(C)(C)CCS(=O)(=O)NCC(C)(C)N. The van der Waals surface area contributed by atoms with Gasteiger partial charge in [-0.1, -0.05) is 20.8 Å². The molecule has 0 aliphatic heterocycles. The highest BCUT2D eigenvalue weighted by Gasteiger charge is 2.19. The molecule has 3 N–H and O–H groups in total.